The molecule has 2 heterocycles. The van der Waals surface area contributed by atoms with Gasteiger partial charge >= 0.3 is 0 Å². The first kappa shape index (κ1) is 18.7. The normalized spacial score (nSPS) is 17.2. The Kier molecular flexibility index (Phi) is 5.64. The van der Waals surface area contributed by atoms with Crippen molar-refractivity contribution in [1.29, 1.82) is 0 Å². The van der Waals surface area contributed by atoms with E-state index in [0.29, 0.717) is 5.92 Å². The third-order valence-corrected chi connectivity index (χ3v) is 6.80. The predicted molar refractivity (Wildman–Crippen MR) is 108 cm³/mol. The number of aryl methyl sites for hydroxylation is 2. The molecule has 1 saturated heterocycles. The number of carbonyl (C=O) groups excluding carboxylic acids is 1. The zero-order valence-electron chi connectivity index (χ0n) is 15.1. The van der Waals surface area contributed by atoms with Gasteiger partial charge in [-0.15, -0.1) is 22.9 Å². The molecule has 7 heteroatoms. The van der Waals surface area contributed by atoms with Gasteiger partial charge in [0.05, 0.1) is 5.69 Å². The number of anilines is 1. The first-order valence-corrected chi connectivity index (χ1v) is 10.8. The number of aromatic nitrogens is 1. The van der Waals surface area contributed by atoms with Crippen LogP contribution in [0.4, 0.5) is 9.52 Å². The number of carbonyl (C=O) groups is 1. The van der Waals surface area contributed by atoms with Crippen LogP contribution in [0.1, 0.15) is 29.7 Å². The maximum absolute atomic E-state index is 13.8. The molecule has 2 aliphatic rings. The number of thiazole rings is 1. The van der Waals surface area contributed by atoms with Gasteiger partial charge in [0.2, 0.25) is 5.91 Å². The van der Waals surface area contributed by atoms with Crippen LogP contribution in [0.15, 0.2) is 18.2 Å². The number of piperidine rings is 1. The summed E-state index contributed by atoms with van der Waals surface area (Å²) in [6.45, 7) is 2.41. The lowest BCUT2D eigenvalue weighted by molar-refractivity contribution is -0.129. The van der Waals surface area contributed by atoms with Gasteiger partial charge in [0.15, 0.2) is 5.13 Å². The largest absolute Gasteiger partial charge is 0.361 e. The van der Waals surface area contributed by atoms with E-state index >= 15 is 0 Å². The summed E-state index contributed by atoms with van der Waals surface area (Å²) in [5.74, 6) is 0.410. The molecule has 1 aliphatic carbocycles. The molecule has 0 bridgehead atoms. The van der Waals surface area contributed by atoms with Crippen LogP contribution in [0.25, 0.3) is 11.3 Å². The van der Waals surface area contributed by atoms with Crippen LogP contribution in [-0.4, -0.2) is 41.3 Å². The van der Waals surface area contributed by atoms with E-state index in [1.54, 1.807) is 17.4 Å². The molecular weight excluding hydrogens is 385 g/mol. The maximum Gasteiger partial charge on any atom is 0.237 e. The smallest absolute Gasteiger partial charge is 0.237 e. The van der Waals surface area contributed by atoms with E-state index in [2.05, 4.69) is 5.32 Å². The van der Waals surface area contributed by atoms with Crippen molar-refractivity contribution in [3.8, 4) is 11.3 Å². The van der Waals surface area contributed by atoms with Crippen LogP contribution in [0.3, 0.4) is 0 Å². The molecule has 4 nitrogen and oxygen atoms in total. The van der Waals surface area contributed by atoms with E-state index in [4.69, 9.17) is 16.6 Å². The maximum atomic E-state index is 13.8. The predicted octanol–water partition coefficient (Wildman–Crippen LogP) is 4.33. The first-order chi connectivity index (χ1) is 13.1. The standard InChI is InChI=1S/C20H23ClFN3OS/c21-11-18(26)25-8-6-13(7-9-25)12-23-20-24-19-16-10-15(22)5-4-14(16)2-1-3-17(19)27-20/h4-5,10,13H,1-3,6-9,11-12H2,(H,23,24). The lowest BCUT2D eigenvalue weighted by Gasteiger charge is -2.31. The first-order valence-electron chi connectivity index (χ1n) is 9.50. The van der Waals surface area contributed by atoms with E-state index in [9.17, 15) is 9.18 Å². The molecule has 1 N–H and O–H groups in total. The second-order valence-electron chi connectivity index (χ2n) is 7.28. The average Bonchev–Trinajstić information content (AvgIpc) is 3.02. The minimum absolute atomic E-state index is 0.0256. The van der Waals surface area contributed by atoms with Crippen molar-refractivity contribution in [2.75, 3.05) is 30.8 Å². The molecule has 0 spiro atoms. The number of alkyl halides is 1. The fourth-order valence-electron chi connectivity index (χ4n) is 3.94. The van der Waals surface area contributed by atoms with Gasteiger partial charge in [-0.2, -0.15) is 0 Å². The van der Waals surface area contributed by atoms with E-state index in [1.165, 1.54) is 16.5 Å². The highest BCUT2D eigenvalue weighted by Crippen LogP contribution is 2.37. The van der Waals surface area contributed by atoms with E-state index in [-0.39, 0.29) is 17.6 Å². The highest BCUT2D eigenvalue weighted by molar-refractivity contribution is 7.16. The molecule has 144 valence electrons. The van der Waals surface area contributed by atoms with Crippen molar-refractivity contribution in [3.63, 3.8) is 0 Å². The monoisotopic (exact) mass is 407 g/mol. The number of nitrogens with one attached hydrogen (secondary N) is 1. The average molecular weight is 408 g/mol. The van der Waals surface area contributed by atoms with Gasteiger partial charge < -0.3 is 10.2 Å². The number of likely N-dealkylation sites (tertiary alicyclic amines) is 1. The SMILES string of the molecule is O=C(CCl)N1CCC(CNc2nc3c(s2)CCCc2ccc(F)cc2-3)CC1. The van der Waals surface area contributed by atoms with Crippen LogP contribution in [-0.2, 0) is 17.6 Å². The summed E-state index contributed by atoms with van der Waals surface area (Å²) in [5, 5.41) is 4.39. The summed E-state index contributed by atoms with van der Waals surface area (Å²) < 4.78 is 13.8. The molecule has 1 aliphatic heterocycles. The Morgan fingerprint density at radius 1 is 1.33 bits per heavy atom. The molecule has 0 saturated carbocycles. The molecule has 0 unspecified atom stereocenters. The van der Waals surface area contributed by atoms with Crippen LogP contribution in [0, 0.1) is 11.7 Å². The third-order valence-electron chi connectivity index (χ3n) is 5.50. The Hall–Kier alpha value is -1.66. The van der Waals surface area contributed by atoms with Gasteiger partial charge in [0, 0.05) is 30.1 Å². The molecular formula is C20H23ClFN3OS. The van der Waals surface area contributed by atoms with Gasteiger partial charge in [-0.05, 0) is 55.7 Å². The number of benzene rings is 1. The zero-order chi connectivity index (χ0) is 18.8. The number of hydrogen-bond acceptors (Lipinski definition) is 4. The minimum atomic E-state index is -0.206. The molecule has 1 aromatic heterocycles. The van der Waals surface area contributed by atoms with Crippen LogP contribution >= 0.6 is 22.9 Å². The second-order valence-corrected chi connectivity index (χ2v) is 8.64. The Morgan fingerprint density at radius 2 is 2.15 bits per heavy atom. The molecule has 1 fully saturated rings. The van der Waals surface area contributed by atoms with Gasteiger partial charge in [0.25, 0.3) is 0 Å². The van der Waals surface area contributed by atoms with Crippen LogP contribution < -0.4 is 5.32 Å². The quantitative estimate of drug-likeness (QED) is 0.767. The van der Waals surface area contributed by atoms with Crippen molar-refractivity contribution in [1.82, 2.24) is 9.88 Å². The van der Waals surface area contributed by atoms with E-state index < -0.39 is 0 Å². The Bertz CT molecular complexity index is 833. The lowest BCUT2D eigenvalue weighted by atomic mass is 9.97. The number of rotatable bonds is 4. The summed E-state index contributed by atoms with van der Waals surface area (Å²) in [7, 11) is 0. The van der Waals surface area contributed by atoms with Gasteiger partial charge in [-0.1, -0.05) is 6.07 Å². The summed E-state index contributed by atoms with van der Waals surface area (Å²) >= 11 is 7.33. The molecule has 0 atom stereocenters. The Labute approximate surface area is 167 Å². The Morgan fingerprint density at radius 3 is 2.93 bits per heavy atom. The molecule has 27 heavy (non-hydrogen) atoms. The highest BCUT2D eigenvalue weighted by Gasteiger charge is 2.23. The molecule has 1 aromatic carbocycles. The highest BCUT2D eigenvalue weighted by atomic mass is 35.5. The minimum Gasteiger partial charge on any atom is -0.361 e. The van der Waals surface area contributed by atoms with Gasteiger partial charge in [-0.25, -0.2) is 9.37 Å². The van der Waals surface area contributed by atoms with Crippen LogP contribution in [0.5, 0.6) is 0 Å². The molecule has 0 radical (unpaired) electrons. The van der Waals surface area contributed by atoms with Crippen molar-refractivity contribution in [2.45, 2.75) is 32.1 Å². The fraction of sp³-hybridized carbons (Fsp3) is 0.500. The summed E-state index contributed by atoms with van der Waals surface area (Å²) in [6.07, 6.45) is 4.99. The van der Waals surface area contributed by atoms with E-state index in [1.807, 2.05) is 11.0 Å². The molecule has 1 amide bonds. The zero-order valence-corrected chi connectivity index (χ0v) is 16.7. The molecule has 4 rings (SSSR count). The number of halogens is 2. The third kappa shape index (κ3) is 4.11. The number of nitrogens with zero attached hydrogens (tertiary/aromatic N) is 2. The number of hydrogen-bond donors (Lipinski definition) is 1. The van der Waals surface area contributed by atoms with E-state index in [0.717, 1.165) is 68.1 Å². The fourth-order valence-corrected chi connectivity index (χ4v) is 5.13. The lowest BCUT2D eigenvalue weighted by Crippen LogP contribution is -2.40. The summed E-state index contributed by atoms with van der Waals surface area (Å²) in [6, 6.07) is 5.05. The van der Waals surface area contributed by atoms with Gasteiger partial charge in [0.1, 0.15) is 11.7 Å². The number of amides is 1. The van der Waals surface area contributed by atoms with Crippen molar-refractivity contribution >= 4 is 34.0 Å². The van der Waals surface area contributed by atoms with Crippen molar-refractivity contribution in [2.24, 2.45) is 5.92 Å². The Balaban J connectivity index is 1.41. The summed E-state index contributed by atoms with van der Waals surface area (Å²) in [5.41, 5.74) is 3.07. The summed E-state index contributed by atoms with van der Waals surface area (Å²) in [4.78, 5) is 19.5. The van der Waals surface area contributed by atoms with Gasteiger partial charge in [-0.3, -0.25) is 4.79 Å². The number of fused-ring (bicyclic) bond motifs is 3. The van der Waals surface area contributed by atoms with Crippen molar-refractivity contribution in [3.05, 3.63) is 34.5 Å². The topological polar surface area (TPSA) is 45.2 Å². The molecule has 2 aromatic rings. The van der Waals surface area contributed by atoms with Crippen molar-refractivity contribution < 1.29 is 9.18 Å². The second kappa shape index (κ2) is 8.15. The van der Waals surface area contributed by atoms with Crippen LogP contribution in [0.2, 0.25) is 0 Å².